The minimum absolute atomic E-state index is 0.281. The van der Waals surface area contributed by atoms with E-state index in [-0.39, 0.29) is 6.61 Å². The molecule has 0 fully saturated rings. The molecule has 0 aliphatic heterocycles. The third-order valence-corrected chi connectivity index (χ3v) is 4.51. The number of benzene rings is 4. The summed E-state index contributed by atoms with van der Waals surface area (Å²) in [5.41, 5.74) is 26.4. The van der Waals surface area contributed by atoms with Crippen LogP contribution in [0.25, 0.3) is 0 Å². The topological polar surface area (TPSA) is 123 Å². The Morgan fingerprint density at radius 2 is 0.950 bits per heavy atom. The molecule has 0 aliphatic rings. The molecule has 0 bridgehead atoms. The third kappa shape index (κ3) is 14.5. The van der Waals surface area contributed by atoms with Crippen molar-refractivity contribution in [1.29, 1.82) is 0 Å². The highest BCUT2D eigenvalue weighted by atomic mass is 16.5. The summed E-state index contributed by atoms with van der Waals surface area (Å²) in [7, 11) is 0. The number of rotatable bonds is 4. The van der Waals surface area contributed by atoms with Gasteiger partial charge in [0.2, 0.25) is 0 Å². The fourth-order valence-electron chi connectivity index (χ4n) is 2.63. The van der Waals surface area contributed by atoms with Gasteiger partial charge in [0.05, 0.1) is 0 Å². The first-order valence-electron chi connectivity index (χ1n) is 11.8. The second-order valence-electron chi connectivity index (χ2n) is 7.66. The van der Waals surface area contributed by atoms with Gasteiger partial charge in [-0.25, -0.2) is 0 Å². The highest BCUT2D eigenvalue weighted by Gasteiger charge is 1.91. The summed E-state index contributed by atoms with van der Waals surface area (Å²) in [5.74, 6) is 11.2. The Hall–Kier alpha value is -6.08. The van der Waals surface area contributed by atoms with Gasteiger partial charge in [0.1, 0.15) is 24.7 Å². The summed E-state index contributed by atoms with van der Waals surface area (Å²) in [6.07, 6.45) is 20.2. The van der Waals surface area contributed by atoms with E-state index >= 15 is 0 Å². The maximum absolute atomic E-state index is 5.50. The lowest BCUT2D eigenvalue weighted by atomic mass is 10.2. The minimum atomic E-state index is 0.281. The van der Waals surface area contributed by atoms with Crippen LogP contribution in [-0.4, -0.2) is 13.2 Å². The molecule has 0 spiro atoms. The molecule has 0 aromatic heterocycles. The quantitative estimate of drug-likeness (QED) is 0.217. The van der Waals surface area contributed by atoms with Crippen LogP contribution < -0.4 is 32.4 Å². The largest absolute Gasteiger partial charge is 0.481 e. The normalized spacial score (nSPS) is 8.50. The van der Waals surface area contributed by atoms with Crippen LogP contribution in [0.3, 0.4) is 0 Å². The van der Waals surface area contributed by atoms with Crippen LogP contribution in [0, 0.1) is 49.4 Å². The van der Waals surface area contributed by atoms with Gasteiger partial charge in [0.25, 0.3) is 0 Å². The Kier molecular flexibility index (Phi) is 15.2. The van der Waals surface area contributed by atoms with Gasteiger partial charge in [0.15, 0.2) is 0 Å². The Bertz CT molecular complexity index is 1470. The Labute approximate surface area is 237 Å². The summed E-state index contributed by atoms with van der Waals surface area (Å²) in [4.78, 5) is 0. The van der Waals surface area contributed by atoms with E-state index in [9.17, 15) is 0 Å². The summed E-state index contributed by atoms with van der Waals surface area (Å²) >= 11 is 0. The van der Waals surface area contributed by atoms with E-state index in [0.717, 1.165) is 28.3 Å². The number of terminal acetylenes is 4. The number of anilines is 4. The number of hydrogen-bond acceptors (Lipinski definition) is 6. The van der Waals surface area contributed by atoms with Crippen LogP contribution in [0.4, 0.5) is 22.7 Å². The summed E-state index contributed by atoms with van der Waals surface area (Å²) < 4.78 is 10.2. The molecule has 0 unspecified atom stereocenters. The van der Waals surface area contributed by atoms with Crippen molar-refractivity contribution in [1.82, 2.24) is 0 Å². The zero-order valence-corrected chi connectivity index (χ0v) is 22.1. The zero-order valence-electron chi connectivity index (χ0n) is 22.1. The highest BCUT2D eigenvalue weighted by molar-refractivity contribution is 5.46. The first kappa shape index (κ1) is 31.9. The van der Waals surface area contributed by atoms with Crippen LogP contribution in [0.2, 0.25) is 0 Å². The maximum Gasteiger partial charge on any atom is 0.148 e. The SMILES string of the molecule is C#CCOc1ccc(N)cc1.C#CCOc1cccc(N)c1.C#Cc1ccc(N)cc1.C#Cc1cccc(N)c1. The molecule has 4 aromatic rings. The second-order valence-corrected chi connectivity index (χ2v) is 7.66. The predicted molar refractivity (Wildman–Crippen MR) is 168 cm³/mol. The number of nitrogen functional groups attached to an aromatic ring is 4. The molecular formula is C34H32N4O2. The van der Waals surface area contributed by atoms with Crippen molar-refractivity contribution in [3.63, 3.8) is 0 Å². The highest BCUT2D eigenvalue weighted by Crippen LogP contribution is 2.14. The Balaban J connectivity index is 0.000000268. The average molecular weight is 529 g/mol. The van der Waals surface area contributed by atoms with Crippen molar-refractivity contribution in [2.45, 2.75) is 0 Å². The molecular weight excluding hydrogens is 496 g/mol. The molecule has 40 heavy (non-hydrogen) atoms. The van der Waals surface area contributed by atoms with E-state index in [1.165, 1.54) is 0 Å². The minimum Gasteiger partial charge on any atom is -0.481 e. The lowest BCUT2D eigenvalue weighted by Gasteiger charge is -2.01. The monoisotopic (exact) mass is 528 g/mol. The third-order valence-electron chi connectivity index (χ3n) is 4.51. The molecule has 4 rings (SSSR count). The molecule has 200 valence electrons. The zero-order chi connectivity index (χ0) is 29.6. The summed E-state index contributed by atoms with van der Waals surface area (Å²) in [5, 5.41) is 0. The van der Waals surface area contributed by atoms with Crippen molar-refractivity contribution >= 4 is 22.7 Å². The number of hydrogen-bond donors (Lipinski definition) is 4. The van der Waals surface area contributed by atoms with Gasteiger partial charge < -0.3 is 32.4 Å². The van der Waals surface area contributed by atoms with E-state index in [0.29, 0.717) is 23.7 Å². The Morgan fingerprint density at radius 1 is 0.475 bits per heavy atom. The first-order valence-corrected chi connectivity index (χ1v) is 11.8. The average Bonchev–Trinajstić information content (AvgIpc) is 2.97. The molecule has 8 N–H and O–H groups in total. The second kappa shape index (κ2) is 19.1. The van der Waals surface area contributed by atoms with E-state index in [2.05, 4.69) is 23.7 Å². The van der Waals surface area contributed by atoms with Crippen molar-refractivity contribution in [3.05, 3.63) is 108 Å². The lowest BCUT2D eigenvalue weighted by molar-refractivity contribution is 0.370. The molecule has 6 heteroatoms. The van der Waals surface area contributed by atoms with Crippen molar-refractivity contribution in [2.75, 3.05) is 36.1 Å². The van der Waals surface area contributed by atoms with Crippen LogP contribution in [0.15, 0.2) is 97.1 Å². The van der Waals surface area contributed by atoms with Gasteiger partial charge in [-0.2, -0.15) is 0 Å². The molecule has 0 saturated carbocycles. The van der Waals surface area contributed by atoms with Gasteiger partial charge in [-0.05, 0) is 78.9 Å². The van der Waals surface area contributed by atoms with E-state index in [1.807, 2.05) is 36.4 Å². The van der Waals surface area contributed by atoms with Gasteiger partial charge in [0, 0.05) is 39.9 Å². The molecule has 0 heterocycles. The number of ether oxygens (including phenoxy) is 2. The fraction of sp³-hybridized carbons (Fsp3) is 0.0588. The lowest BCUT2D eigenvalue weighted by Crippen LogP contribution is -1.93. The molecule has 6 nitrogen and oxygen atoms in total. The van der Waals surface area contributed by atoms with Crippen molar-refractivity contribution < 1.29 is 9.47 Å². The molecule has 0 amide bonds. The van der Waals surface area contributed by atoms with Gasteiger partial charge in [-0.1, -0.05) is 35.8 Å². The standard InChI is InChI=1S/2C9H9NO.2C8H7N/c1-2-7-11-9-5-3-8(10)4-6-9;1-2-6-11-9-5-3-4-8(10)7-9;1-2-7-3-5-8(9)6-4-7;1-2-7-4-3-5-8(9)6-7/h1,3-6H,7,10H2;1,3-5,7H,6,10H2;2*1,3-6H,9H2. The maximum atomic E-state index is 5.50. The summed E-state index contributed by atoms with van der Waals surface area (Å²) in [6.45, 7) is 0.577. The van der Waals surface area contributed by atoms with Gasteiger partial charge in [-0.15, -0.1) is 25.7 Å². The molecule has 0 radical (unpaired) electrons. The molecule has 4 aromatic carbocycles. The van der Waals surface area contributed by atoms with Gasteiger partial charge >= 0.3 is 0 Å². The number of nitrogens with two attached hydrogens (primary N) is 4. The van der Waals surface area contributed by atoms with Crippen LogP contribution in [-0.2, 0) is 0 Å². The Morgan fingerprint density at radius 3 is 1.40 bits per heavy atom. The van der Waals surface area contributed by atoms with E-state index < -0.39 is 0 Å². The van der Waals surface area contributed by atoms with Crippen molar-refractivity contribution in [3.8, 4) is 60.9 Å². The fourth-order valence-corrected chi connectivity index (χ4v) is 2.63. The first-order chi connectivity index (χ1) is 19.3. The van der Waals surface area contributed by atoms with Crippen LogP contribution >= 0.6 is 0 Å². The van der Waals surface area contributed by atoms with Crippen molar-refractivity contribution in [2.24, 2.45) is 0 Å². The molecule has 0 aliphatic carbocycles. The predicted octanol–water partition coefficient (Wildman–Crippen LogP) is 5.06. The van der Waals surface area contributed by atoms with Crippen LogP contribution in [0.1, 0.15) is 11.1 Å². The smallest absolute Gasteiger partial charge is 0.148 e. The van der Waals surface area contributed by atoms with E-state index in [1.54, 1.807) is 60.7 Å². The van der Waals surface area contributed by atoms with Gasteiger partial charge in [-0.3, -0.25) is 0 Å². The summed E-state index contributed by atoms with van der Waals surface area (Å²) in [6, 6.07) is 28.7. The van der Waals surface area contributed by atoms with E-state index in [4.69, 9.17) is 58.1 Å². The molecule has 0 atom stereocenters. The van der Waals surface area contributed by atoms with Crippen LogP contribution in [0.5, 0.6) is 11.5 Å². The molecule has 0 saturated heterocycles.